The fourth-order valence-corrected chi connectivity index (χ4v) is 4.89. The van der Waals surface area contributed by atoms with Crippen molar-refractivity contribution in [1.29, 1.82) is 0 Å². The summed E-state index contributed by atoms with van der Waals surface area (Å²) >= 11 is 1.51. The summed E-state index contributed by atoms with van der Waals surface area (Å²) in [4.78, 5) is 17.3. The molecule has 1 N–H and O–H groups in total. The van der Waals surface area contributed by atoms with Crippen LogP contribution in [0.3, 0.4) is 0 Å². The van der Waals surface area contributed by atoms with Crippen LogP contribution in [0.25, 0.3) is 15.3 Å². The van der Waals surface area contributed by atoms with Crippen LogP contribution in [0.4, 0.5) is 5.82 Å². The number of hydrogen-bond donors (Lipinski definition) is 1. The third-order valence-electron chi connectivity index (χ3n) is 5.36. The molecule has 0 unspecified atom stereocenters. The van der Waals surface area contributed by atoms with Gasteiger partial charge in [0.2, 0.25) is 11.0 Å². The molecular formula is C22H20N4O3S. The molecule has 0 radical (unpaired) electrons. The van der Waals surface area contributed by atoms with Crippen molar-refractivity contribution in [1.82, 2.24) is 14.8 Å². The number of ether oxygens (including phenoxy) is 2. The number of nitrogens with one attached hydrogen (secondary N) is 1. The van der Waals surface area contributed by atoms with Gasteiger partial charge in [0, 0.05) is 17.9 Å². The molecule has 0 spiro atoms. The van der Waals surface area contributed by atoms with E-state index in [1.807, 2.05) is 49.4 Å². The molecule has 3 heterocycles. The maximum atomic E-state index is 12.6. The number of nitrogens with zero attached hydrogens (tertiary/aromatic N) is 3. The minimum absolute atomic E-state index is 0.0424. The van der Waals surface area contributed by atoms with E-state index in [2.05, 4.69) is 5.32 Å². The van der Waals surface area contributed by atoms with Gasteiger partial charge in [-0.05, 0) is 42.8 Å². The minimum Gasteiger partial charge on any atom is -0.497 e. The zero-order valence-electron chi connectivity index (χ0n) is 16.8. The van der Waals surface area contributed by atoms with Gasteiger partial charge in [-0.1, -0.05) is 23.5 Å². The zero-order valence-corrected chi connectivity index (χ0v) is 17.6. The van der Waals surface area contributed by atoms with Crippen molar-refractivity contribution in [3.05, 3.63) is 59.3 Å². The second-order valence-corrected chi connectivity index (χ2v) is 8.18. The standard InChI is InChI=1S/C22H20N4O3S/c1-12-20-16(13-5-4-6-14(9-13)28-2)11-19(27)24-21(20)26(25-12)22-23-17-8-7-15(29-3)10-18(17)30-22/h4-10,16H,11H2,1-3H3,(H,24,27)/t16-/m0/s1. The zero-order chi connectivity index (χ0) is 20.8. The van der Waals surface area contributed by atoms with E-state index in [-0.39, 0.29) is 11.8 Å². The predicted octanol–water partition coefficient (Wildman–Crippen LogP) is 4.28. The lowest BCUT2D eigenvalue weighted by atomic mass is 9.86. The van der Waals surface area contributed by atoms with E-state index in [1.54, 1.807) is 18.9 Å². The first-order valence-corrected chi connectivity index (χ1v) is 10.4. The lowest BCUT2D eigenvalue weighted by Gasteiger charge is -2.24. The van der Waals surface area contributed by atoms with Gasteiger partial charge in [0.15, 0.2) is 0 Å². The van der Waals surface area contributed by atoms with E-state index in [9.17, 15) is 4.79 Å². The van der Waals surface area contributed by atoms with Crippen LogP contribution in [0.5, 0.6) is 11.5 Å². The molecule has 0 bridgehead atoms. The molecule has 5 rings (SSSR count). The molecule has 0 fully saturated rings. The quantitative estimate of drug-likeness (QED) is 0.533. The molecule has 152 valence electrons. The molecule has 7 nitrogen and oxygen atoms in total. The fraction of sp³-hybridized carbons (Fsp3) is 0.227. The predicted molar refractivity (Wildman–Crippen MR) is 116 cm³/mol. The number of amides is 1. The van der Waals surface area contributed by atoms with Crippen LogP contribution in [0.15, 0.2) is 42.5 Å². The van der Waals surface area contributed by atoms with Crippen LogP contribution in [-0.2, 0) is 4.79 Å². The van der Waals surface area contributed by atoms with E-state index < -0.39 is 0 Å². The van der Waals surface area contributed by atoms with Crippen LogP contribution in [0.2, 0.25) is 0 Å². The maximum Gasteiger partial charge on any atom is 0.226 e. The van der Waals surface area contributed by atoms with Crippen molar-refractivity contribution in [3.63, 3.8) is 0 Å². The number of hydrogen-bond acceptors (Lipinski definition) is 6. The summed E-state index contributed by atoms with van der Waals surface area (Å²) in [6.07, 6.45) is 0.365. The second-order valence-electron chi connectivity index (χ2n) is 7.17. The highest BCUT2D eigenvalue weighted by molar-refractivity contribution is 7.20. The van der Waals surface area contributed by atoms with Gasteiger partial charge < -0.3 is 14.8 Å². The Morgan fingerprint density at radius 2 is 1.93 bits per heavy atom. The number of rotatable bonds is 4. The van der Waals surface area contributed by atoms with Crippen LogP contribution in [-0.4, -0.2) is 34.9 Å². The van der Waals surface area contributed by atoms with Gasteiger partial charge in [-0.15, -0.1) is 0 Å². The highest BCUT2D eigenvalue weighted by Gasteiger charge is 2.33. The van der Waals surface area contributed by atoms with Crippen molar-refractivity contribution in [2.24, 2.45) is 0 Å². The molecule has 0 aliphatic carbocycles. The second kappa shape index (κ2) is 7.14. The molecule has 2 aromatic heterocycles. The third-order valence-corrected chi connectivity index (χ3v) is 6.36. The molecule has 2 aromatic carbocycles. The lowest BCUT2D eigenvalue weighted by molar-refractivity contribution is -0.116. The molecule has 0 saturated carbocycles. The van der Waals surface area contributed by atoms with Gasteiger partial charge in [-0.25, -0.2) is 4.98 Å². The van der Waals surface area contributed by atoms with Gasteiger partial charge in [0.1, 0.15) is 17.3 Å². The Labute approximate surface area is 177 Å². The Morgan fingerprint density at radius 3 is 2.73 bits per heavy atom. The van der Waals surface area contributed by atoms with Crippen LogP contribution < -0.4 is 14.8 Å². The molecule has 1 aliphatic rings. The van der Waals surface area contributed by atoms with Crippen molar-refractivity contribution < 1.29 is 14.3 Å². The topological polar surface area (TPSA) is 78.3 Å². The Hall–Kier alpha value is -3.39. The van der Waals surface area contributed by atoms with E-state index >= 15 is 0 Å². The van der Waals surface area contributed by atoms with Crippen molar-refractivity contribution in [2.45, 2.75) is 19.3 Å². The van der Waals surface area contributed by atoms with Gasteiger partial charge in [-0.3, -0.25) is 4.79 Å². The SMILES string of the molecule is COc1cccc([C@@H]2CC(=O)Nc3c2c(C)nn3-c2nc3ccc(OC)cc3s2)c1. The summed E-state index contributed by atoms with van der Waals surface area (Å²) in [5.74, 6) is 2.10. The molecule has 1 amide bonds. The molecular weight excluding hydrogens is 400 g/mol. The average molecular weight is 420 g/mol. The number of carbonyl (C=O) groups excluding carboxylic acids is 1. The van der Waals surface area contributed by atoms with Crippen molar-refractivity contribution in [3.8, 4) is 16.6 Å². The molecule has 30 heavy (non-hydrogen) atoms. The van der Waals surface area contributed by atoms with Gasteiger partial charge in [0.25, 0.3) is 0 Å². The number of aromatic nitrogens is 3. The first-order chi connectivity index (χ1) is 14.6. The first-order valence-electron chi connectivity index (χ1n) is 9.55. The van der Waals surface area contributed by atoms with E-state index in [0.29, 0.717) is 17.4 Å². The average Bonchev–Trinajstić information content (AvgIpc) is 3.33. The van der Waals surface area contributed by atoms with Gasteiger partial charge >= 0.3 is 0 Å². The monoisotopic (exact) mass is 420 g/mol. The van der Waals surface area contributed by atoms with Crippen molar-refractivity contribution in [2.75, 3.05) is 19.5 Å². The minimum atomic E-state index is -0.0907. The van der Waals surface area contributed by atoms with E-state index in [1.165, 1.54) is 11.3 Å². The number of aryl methyl sites for hydroxylation is 1. The summed E-state index contributed by atoms with van der Waals surface area (Å²) < 4.78 is 13.4. The van der Waals surface area contributed by atoms with E-state index in [4.69, 9.17) is 19.6 Å². The highest BCUT2D eigenvalue weighted by atomic mass is 32.1. The van der Waals surface area contributed by atoms with Crippen LogP contribution in [0, 0.1) is 6.92 Å². The molecule has 4 aromatic rings. The third kappa shape index (κ3) is 3.00. The Bertz CT molecular complexity index is 1280. The summed E-state index contributed by atoms with van der Waals surface area (Å²) in [7, 11) is 3.29. The molecule has 0 saturated heterocycles. The number of thiazole rings is 1. The van der Waals surface area contributed by atoms with E-state index in [0.717, 1.165) is 38.5 Å². The lowest BCUT2D eigenvalue weighted by Crippen LogP contribution is -2.24. The van der Waals surface area contributed by atoms with Crippen molar-refractivity contribution >= 4 is 33.3 Å². The first kappa shape index (κ1) is 18.6. The summed E-state index contributed by atoms with van der Waals surface area (Å²) in [6.45, 7) is 1.97. The fourth-order valence-electron chi connectivity index (χ4n) is 3.94. The number of fused-ring (bicyclic) bond motifs is 2. The van der Waals surface area contributed by atoms with Gasteiger partial charge in [-0.2, -0.15) is 9.78 Å². The largest absolute Gasteiger partial charge is 0.497 e. The number of benzene rings is 2. The number of methoxy groups -OCH3 is 2. The van der Waals surface area contributed by atoms with Crippen LogP contribution in [0.1, 0.15) is 29.2 Å². The summed E-state index contributed by atoms with van der Waals surface area (Å²) in [6, 6.07) is 13.6. The maximum absolute atomic E-state index is 12.6. The normalized spacial score (nSPS) is 15.7. The number of anilines is 1. The summed E-state index contributed by atoms with van der Waals surface area (Å²) in [5.41, 5.74) is 3.78. The molecule has 1 atom stereocenters. The van der Waals surface area contributed by atoms with Crippen LogP contribution >= 0.6 is 11.3 Å². The Morgan fingerprint density at radius 1 is 1.13 bits per heavy atom. The Balaban J connectivity index is 1.64. The summed E-state index contributed by atoms with van der Waals surface area (Å²) in [5, 5.41) is 8.46. The van der Waals surface area contributed by atoms with Gasteiger partial charge in [0.05, 0.1) is 30.1 Å². The molecule has 8 heteroatoms. The Kier molecular flexibility index (Phi) is 4.43. The highest BCUT2D eigenvalue weighted by Crippen LogP contribution is 2.41. The smallest absolute Gasteiger partial charge is 0.226 e. The molecule has 1 aliphatic heterocycles. The number of carbonyl (C=O) groups is 1.